The summed E-state index contributed by atoms with van der Waals surface area (Å²) in [5.41, 5.74) is 1.98. The molecule has 0 amide bonds. The number of hydrogen-bond donors (Lipinski definition) is 1. The predicted molar refractivity (Wildman–Crippen MR) is 120 cm³/mol. The molecule has 1 aliphatic heterocycles. The van der Waals surface area contributed by atoms with Crippen LogP contribution in [0.1, 0.15) is 37.8 Å². The van der Waals surface area contributed by atoms with Gasteiger partial charge in [-0.1, -0.05) is 48.3 Å². The van der Waals surface area contributed by atoms with Crippen LogP contribution in [0.4, 0.5) is 0 Å². The Balaban J connectivity index is 1.68. The normalized spacial score (nSPS) is 16.9. The molecule has 1 N–H and O–H groups in total. The summed E-state index contributed by atoms with van der Waals surface area (Å²) in [5.74, 6) is 1.53. The molecule has 0 aromatic heterocycles. The van der Waals surface area contributed by atoms with Crippen molar-refractivity contribution >= 4 is 23.2 Å². The van der Waals surface area contributed by atoms with Crippen LogP contribution in [0.25, 0.3) is 0 Å². The monoisotopic (exact) mass is 436 g/mol. The highest BCUT2D eigenvalue weighted by Crippen LogP contribution is 2.33. The largest absolute Gasteiger partial charge is 0.490 e. The highest BCUT2D eigenvalue weighted by atomic mass is 35.5. The highest BCUT2D eigenvalue weighted by molar-refractivity contribution is 6.35. The Bertz CT molecular complexity index is 800. The molecule has 1 aliphatic rings. The Morgan fingerprint density at radius 2 is 1.97 bits per heavy atom. The van der Waals surface area contributed by atoms with Crippen LogP contribution < -0.4 is 14.8 Å². The molecule has 6 heteroatoms. The topological polar surface area (TPSA) is 33.7 Å². The summed E-state index contributed by atoms with van der Waals surface area (Å²) >= 11 is 12.3. The lowest BCUT2D eigenvalue weighted by Gasteiger charge is -2.23. The average Bonchev–Trinajstić information content (AvgIpc) is 3.16. The zero-order chi connectivity index (χ0) is 20.6. The van der Waals surface area contributed by atoms with Crippen molar-refractivity contribution in [3.8, 4) is 11.5 Å². The van der Waals surface area contributed by atoms with Gasteiger partial charge in [-0.05, 0) is 51.1 Å². The van der Waals surface area contributed by atoms with Gasteiger partial charge in [0.2, 0.25) is 0 Å². The minimum absolute atomic E-state index is 0.360. The van der Waals surface area contributed by atoms with Crippen LogP contribution in [0.15, 0.2) is 36.4 Å². The molecule has 1 heterocycles. The molecule has 0 spiro atoms. The number of nitrogens with zero attached hydrogens (tertiary/aromatic N) is 1. The zero-order valence-corrected chi connectivity index (χ0v) is 18.7. The van der Waals surface area contributed by atoms with Gasteiger partial charge in [0.1, 0.15) is 6.61 Å². The molecule has 1 fully saturated rings. The Morgan fingerprint density at radius 3 is 2.72 bits per heavy atom. The van der Waals surface area contributed by atoms with Crippen molar-refractivity contribution in [2.75, 3.05) is 26.2 Å². The lowest BCUT2D eigenvalue weighted by molar-refractivity contribution is 0.256. The molecule has 158 valence electrons. The minimum Gasteiger partial charge on any atom is -0.490 e. The molecule has 1 atom stereocenters. The number of hydrogen-bond acceptors (Lipinski definition) is 4. The van der Waals surface area contributed by atoms with E-state index in [-0.39, 0.29) is 0 Å². The molecular formula is C23H30Cl2N2O2. The van der Waals surface area contributed by atoms with E-state index in [1.807, 2.05) is 31.2 Å². The van der Waals surface area contributed by atoms with Gasteiger partial charge in [-0.2, -0.15) is 0 Å². The van der Waals surface area contributed by atoms with Crippen LogP contribution in [0.5, 0.6) is 11.5 Å². The van der Waals surface area contributed by atoms with Gasteiger partial charge in [0, 0.05) is 40.3 Å². The van der Waals surface area contributed by atoms with E-state index in [1.54, 1.807) is 6.07 Å². The molecule has 3 rings (SSSR count). The SMILES string of the molecule is CCOc1cccc(CNC[C@@H]2CCCN2CC)c1OCc1ccc(Cl)cc1Cl. The van der Waals surface area contributed by atoms with E-state index in [0.29, 0.717) is 29.3 Å². The lowest BCUT2D eigenvalue weighted by atomic mass is 10.1. The fourth-order valence-corrected chi connectivity index (χ4v) is 4.30. The molecule has 0 radical (unpaired) electrons. The Kier molecular flexibility index (Phi) is 8.49. The second-order valence-corrected chi connectivity index (χ2v) is 8.10. The van der Waals surface area contributed by atoms with E-state index in [4.69, 9.17) is 32.7 Å². The third-order valence-corrected chi connectivity index (χ3v) is 5.94. The van der Waals surface area contributed by atoms with E-state index in [2.05, 4.69) is 23.2 Å². The first-order valence-corrected chi connectivity index (χ1v) is 11.1. The van der Waals surface area contributed by atoms with Gasteiger partial charge in [-0.15, -0.1) is 0 Å². The lowest BCUT2D eigenvalue weighted by Crippen LogP contribution is -2.37. The molecule has 0 saturated carbocycles. The number of benzene rings is 2. The van der Waals surface area contributed by atoms with Crippen LogP contribution in [-0.2, 0) is 13.2 Å². The van der Waals surface area contributed by atoms with E-state index >= 15 is 0 Å². The molecule has 4 nitrogen and oxygen atoms in total. The molecule has 0 bridgehead atoms. The maximum atomic E-state index is 6.31. The van der Waals surface area contributed by atoms with Gasteiger partial charge in [-0.25, -0.2) is 0 Å². The van der Waals surface area contributed by atoms with Crippen LogP contribution in [0.3, 0.4) is 0 Å². The first kappa shape index (κ1) is 22.2. The smallest absolute Gasteiger partial charge is 0.166 e. The molecule has 29 heavy (non-hydrogen) atoms. The number of halogens is 2. The van der Waals surface area contributed by atoms with Crippen LogP contribution >= 0.6 is 23.2 Å². The van der Waals surface area contributed by atoms with E-state index < -0.39 is 0 Å². The van der Waals surface area contributed by atoms with Crippen molar-refractivity contribution in [3.63, 3.8) is 0 Å². The number of rotatable bonds is 10. The van der Waals surface area contributed by atoms with E-state index in [9.17, 15) is 0 Å². The van der Waals surface area contributed by atoms with Crippen LogP contribution in [0.2, 0.25) is 10.0 Å². The van der Waals surface area contributed by atoms with Crippen molar-refractivity contribution in [1.29, 1.82) is 0 Å². The van der Waals surface area contributed by atoms with Gasteiger partial charge >= 0.3 is 0 Å². The summed E-state index contributed by atoms with van der Waals surface area (Å²) in [4.78, 5) is 2.55. The quantitative estimate of drug-likeness (QED) is 0.529. The van der Waals surface area contributed by atoms with Gasteiger partial charge in [-0.3, -0.25) is 4.90 Å². The number of likely N-dealkylation sites (tertiary alicyclic amines) is 1. The fourth-order valence-electron chi connectivity index (χ4n) is 3.84. The average molecular weight is 437 g/mol. The highest BCUT2D eigenvalue weighted by Gasteiger charge is 2.22. The molecule has 2 aromatic carbocycles. The third kappa shape index (κ3) is 6.02. The number of para-hydroxylation sites is 1. The number of likely N-dealkylation sites (N-methyl/N-ethyl adjacent to an activating group) is 1. The first-order valence-electron chi connectivity index (χ1n) is 10.4. The number of nitrogens with one attached hydrogen (secondary N) is 1. The van der Waals surface area contributed by atoms with Crippen molar-refractivity contribution in [2.45, 2.75) is 45.9 Å². The summed E-state index contributed by atoms with van der Waals surface area (Å²) in [6, 6.07) is 12.1. The van der Waals surface area contributed by atoms with Crippen molar-refractivity contribution in [3.05, 3.63) is 57.6 Å². The first-order chi connectivity index (χ1) is 14.1. The minimum atomic E-state index is 0.360. The standard InChI is InChI=1S/C23H30Cl2N2O2/c1-3-27-12-6-8-20(27)15-26-14-17-7-5-9-22(28-4-2)23(17)29-16-18-10-11-19(24)13-21(18)25/h5,7,9-11,13,20,26H,3-4,6,8,12,14-16H2,1-2H3/t20-/m0/s1. The zero-order valence-electron chi connectivity index (χ0n) is 17.2. The molecule has 1 saturated heterocycles. The second kappa shape index (κ2) is 11.1. The van der Waals surface area contributed by atoms with E-state index in [0.717, 1.165) is 42.3 Å². The van der Waals surface area contributed by atoms with Crippen LogP contribution in [0, 0.1) is 0 Å². The Morgan fingerprint density at radius 1 is 1.10 bits per heavy atom. The molecular weight excluding hydrogens is 407 g/mol. The summed E-state index contributed by atoms with van der Waals surface area (Å²) in [6.07, 6.45) is 2.55. The maximum absolute atomic E-state index is 6.31. The third-order valence-electron chi connectivity index (χ3n) is 5.35. The van der Waals surface area contributed by atoms with Gasteiger partial charge in [0.05, 0.1) is 6.61 Å². The molecule has 2 aromatic rings. The summed E-state index contributed by atoms with van der Waals surface area (Å²) in [5, 5.41) is 4.83. The number of ether oxygens (including phenoxy) is 2. The van der Waals surface area contributed by atoms with Gasteiger partial charge in [0.25, 0.3) is 0 Å². The van der Waals surface area contributed by atoms with E-state index in [1.165, 1.54) is 19.4 Å². The van der Waals surface area contributed by atoms with Crippen LogP contribution in [-0.4, -0.2) is 37.2 Å². The fraction of sp³-hybridized carbons (Fsp3) is 0.478. The second-order valence-electron chi connectivity index (χ2n) is 7.26. The van der Waals surface area contributed by atoms with Crippen molar-refractivity contribution < 1.29 is 9.47 Å². The summed E-state index contributed by atoms with van der Waals surface area (Å²) < 4.78 is 12.0. The maximum Gasteiger partial charge on any atom is 0.166 e. The predicted octanol–water partition coefficient (Wildman–Crippen LogP) is 5.55. The molecule has 0 unspecified atom stereocenters. The summed E-state index contributed by atoms with van der Waals surface area (Å²) in [6.45, 7) is 9.19. The van der Waals surface area contributed by atoms with Gasteiger partial charge < -0.3 is 14.8 Å². The Hall–Kier alpha value is -1.46. The van der Waals surface area contributed by atoms with Crippen molar-refractivity contribution in [2.24, 2.45) is 0 Å². The summed E-state index contributed by atoms with van der Waals surface area (Å²) in [7, 11) is 0. The Labute approximate surface area is 184 Å². The van der Waals surface area contributed by atoms with Crippen molar-refractivity contribution in [1.82, 2.24) is 10.2 Å². The van der Waals surface area contributed by atoms with Gasteiger partial charge in [0.15, 0.2) is 11.5 Å². The molecule has 0 aliphatic carbocycles.